The summed E-state index contributed by atoms with van der Waals surface area (Å²) in [6.07, 6.45) is 0. The second kappa shape index (κ2) is 3.99. The molecule has 0 aliphatic heterocycles. The molecule has 0 aliphatic rings. The molecule has 1 aromatic rings. The van der Waals surface area contributed by atoms with Gasteiger partial charge in [-0.2, -0.15) is 0 Å². The van der Waals surface area contributed by atoms with Crippen LogP contribution < -0.4 is 10.5 Å². The quantitative estimate of drug-likeness (QED) is 0.806. The van der Waals surface area contributed by atoms with Gasteiger partial charge in [0.25, 0.3) is 0 Å². The molecule has 0 saturated heterocycles. The largest absolute Gasteiger partial charge is 0.494 e. The number of ether oxygens (including phenoxy) is 1. The molecule has 66 valence electrons. The van der Waals surface area contributed by atoms with Crippen molar-refractivity contribution in [1.29, 1.82) is 0 Å². The molecule has 0 radical (unpaired) electrons. The van der Waals surface area contributed by atoms with E-state index in [4.69, 9.17) is 33.7 Å². The smallest absolute Gasteiger partial charge is 0.156 e. The van der Waals surface area contributed by atoms with Gasteiger partial charge >= 0.3 is 0 Å². The zero-order chi connectivity index (χ0) is 9.14. The van der Waals surface area contributed by atoms with Gasteiger partial charge in [0.15, 0.2) is 5.75 Å². The van der Waals surface area contributed by atoms with Crippen LogP contribution in [0.4, 0.5) is 0 Å². The molecule has 4 heteroatoms. The number of benzene rings is 1. The Kier molecular flexibility index (Phi) is 3.20. The first-order valence-corrected chi connectivity index (χ1v) is 4.17. The van der Waals surface area contributed by atoms with Crippen LogP contribution in [0.5, 0.6) is 5.75 Å². The fourth-order valence-electron chi connectivity index (χ4n) is 0.918. The number of nitrogens with two attached hydrogens (primary N) is 1. The Morgan fingerprint density at radius 1 is 1.42 bits per heavy atom. The summed E-state index contributed by atoms with van der Waals surface area (Å²) in [5, 5.41) is 0.993. The van der Waals surface area contributed by atoms with Crippen molar-refractivity contribution in [3.05, 3.63) is 27.7 Å². The van der Waals surface area contributed by atoms with E-state index in [1.807, 2.05) is 0 Å². The van der Waals surface area contributed by atoms with Crippen LogP contribution in [0.3, 0.4) is 0 Å². The van der Waals surface area contributed by atoms with Gasteiger partial charge in [-0.15, -0.1) is 0 Å². The average Bonchev–Trinajstić information content (AvgIpc) is 2.06. The van der Waals surface area contributed by atoms with Crippen LogP contribution in [-0.2, 0) is 6.54 Å². The lowest BCUT2D eigenvalue weighted by atomic mass is 10.2. The minimum Gasteiger partial charge on any atom is -0.494 e. The molecule has 2 N–H and O–H groups in total. The second-order valence-electron chi connectivity index (χ2n) is 2.26. The summed E-state index contributed by atoms with van der Waals surface area (Å²) in [6.45, 7) is 0.381. The van der Waals surface area contributed by atoms with Gasteiger partial charge < -0.3 is 10.5 Å². The van der Waals surface area contributed by atoms with Crippen LogP contribution >= 0.6 is 23.2 Å². The van der Waals surface area contributed by atoms with Crippen LogP contribution in [0, 0.1) is 0 Å². The number of hydrogen-bond acceptors (Lipinski definition) is 2. The highest BCUT2D eigenvalue weighted by atomic mass is 35.5. The van der Waals surface area contributed by atoms with Gasteiger partial charge in [-0.1, -0.05) is 29.3 Å². The minimum absolute atomic E-state index is 0.381. The van der Waals surface area contributed by atoms with Crippen molar-refractivity contribution in [2.75, 3.05) is 7.11 Å². The Hall–Kier alpha value is -0.440. The third kappa shape index (κ3) is 1.66. The van der Waals surface area contributed by atoms with E-state index in [0.717, 1.165) is 5.56 Å². The van der Waals surface area contributed by atoms with E-state index in [9.17, 15) is 0 Å². The fourth-order valence-corrected chi connectivity index (χ4v) is 1.52. The molecule has 2 nitrogen and oxygen atoms in total. The predicted molar refractivity (Wildman–Crippen MR) is 50.9 cm³/mol. The van der Waals surface area contributed by atoms with Crippen LogP contribution in [-0.4, -0.2) is 7.11 Å². The lowest BCUT2D eigenvalue weighted by Crippen LogP contribution is -1.98. The predicted octanol–water partition coefficient (Wildman–Crippen LogP) is 2.46. The first-order valence-electron chi connectivity index (χ1n) is 3.41. The zero-order valence-electron chi connectivity index (χ0n) is 6.60. The SMILES string of the molecule is COc1c(Cl)ccc(CN)c1Cl. The van der Waals surface area contributed by atoms with Gasteiger partial charge in [0.2, 0.25) is 0 Å². The molecule has 0 unspecified atom stereocenters. The maximum absolute atomic E-state index is 5.92. The van der Waals surface area contributed by atoms with Gasteiger partial charge in [0, 0.05) is 6.54 Å². The molecule has 0 amide bonds. The standard InChI is InChI=1S/C8H9Cl2NO/c1-12-8-6(9)3-2-5(4-11)7(8)10/h2-3H,4,11H2,1H3. The number of rotatable bonds is 2. The molecule has 0 fully saturated rings. The van der Waals surface area contributed by atoms with Crippen molar-refractivity contribution in [3.63, 3.8) is 0 Å². The number of methoxy groups -OCH3 is 1. The highest BCUT2D eigenvalue weighted by Crippen LogP contribution is 2.34. The van der Waals surface area contributed by atoms with Crippen LogP contribution in [0.2, 0.25) is 10.0 Å². The van der Waals surface area contributed by atoms with Gasteiger partial charge in [0.05, 0.1) is 17.2 Å². The zero-order valence-corrected chi connectivity index (χ0v) is 8.12. The summed E-state index contributed by atoms with van der Waals surface area (Å²) in [6, 6.07) is 3.50. The number of hydrogen-bond donors (Lipinski definition) is 1. The molecule has 1 aromatic carbocycles. The van der Waals surface area contributed by atoms with Gasteiger partial charge in [-0.05, 0) is 11.6 Å². The van der Waals surface area contributed by atoms with E-state index in [1.54, 1.807) is 12.1 Å². The normalized spacial score (nSPS) is 10.0. The van der Waals surface area contributed by atoms with Crippen LogP contribution in [0.25, 0.3) is 0 Å². The minimum atomic E-state index is 0.381. The molecule has 0 saturated carbocycles. The lowest BCUT2D eigenvalue weighted by Gasteiger charge is -2.08. The third-order valence-corrected chi connectivity index (χ3v) is 2.27. The molecule has 0 heterocycles. The third-order valence-electron chi connectivity index (χ3n) is 1.55. The molecule has 0 aliphatic carbocycles. The van der Waals surface area contributed by atoms with Crippen molar-refractivity contribution in [1.82, 2.24) is 0 Å². The summed E-state index contributed by atoms with van der Waals surface area (Å²) < 4.78 is 5.00. The van der Waals surface area contributed by atoms with E-state index in [0.29, 0.717) is 22.3 Å². The molecule has 1 rings (SSSR count). The average molecular weight is 206 g/mol. The van der Waals surface area contributed by atoms with E-state index in [-0.39, 0.29) is 0 Å². The summed E-state index contributed by atoms with van der Waals surface area (Å²) in [7, 11) is 1.52. The Morgan fingerprint density at radius 2 is 2.08 bits per heavy atom. The second-order valence-corrected chi connectivity index (χ2v) is 3.04. The van der Waals surface area contributed by atoms with Gasteiger partial charge in [0.1, 0.15) is 0 Å². The molecule has 0 spiro atoms. The van der Waals surface area contributed by atoms with E-state index >= 15 is 0 Å². The summed E-state index contributed by atoms with van der Waals surface area (Å²) >= 11 is 11.7. The van der Waals surface area contributed by atoms with Crippen LogP contribution in [0.1, 0.15) is 5.56 Å². The first kappa shape index (κ1) is 9.65. The Bertz CT molecular complexity index is 289. The molecule has 0 bridgehead atoms. The number of halogens is 2. The molecule has 0 atom stereocenters. The van der Waals surface area contributed by atoms with Gasteiger partial charge in [-0.25, -0.2) is 0 Å². The highest BCUT2D eigenvalue weighted by Gasteiger charge is 2.09. The van der Waals surface area contributed by atoms with Crippen molar-refractivity contribution in [2.45, 2.75) is 6.54 Å². The lowest BCUT2D eigenvalue weighted by molar-refractivity contribution is 0.415. The fraction of sp³-hybridized carbons (Fsp3) is 0.250. The van der Waals surface area contributed by atoms with Crippen LogP contribution in [0.15, 0.2) is 12.1 Å². The maximum atomic E-state index is 5.92. The van der Waals surface area contributed by atoms with E-state index in [2.05, 4.69) is 0 Å². The van der Waals surface area contributed by atoms with Crippen molar-refractivity contribution in [2.24, 2.45) is 5.73 Å². The van der Waals surface area contributed by atoms with E-state index < -0.39 is 0 Å². The Labute approximate surface area is 81.2 Å². The topological polar surface area (TPSA) is 35.2 Å². The molecule has 0 aromatic heterocycles. The Morgan fingerprint density at radius 3 is 2.58 bits per heavy atom. The summed E-state index contributed by atoms with van der Waals surface area (Å²) in [5.41, 5.74) is 6.27. The first-order chi connectivity index (χ1) is 5.70. The maximum Gasteiger partial charge on any atom is 0.156 e. The van der Waals surface area contributed by atoms with E-state index in [1.165, 1.54) is 7.11 Å². The van der Waals surface area contributed by atoms with Gasteiger partial charge in [-0.3, -0.25) is 0 Å². The van der Waals surface area contributed by atoms with Crippen molar-refractivity contribution >= 4 is 23.2 Å². The molecular weight excluding hydrogens is 197 g/mol. The molecule has 12 heavy (non-hydrogen) atoms. The summed E-state index contributed by atoms with van der Waals surface area (Å²) in [4.78, 5) is 0. The van der Waals surface area contributed by atoms with Crippen molar-refractivity contribution < 1.29 is 4.74 Å². The molecular formula is C8H9Cl2NO. The Balaban J connectivity index is 3.24. The summed E-state index contributed by atoms with van der Waals surface area (Å²) in [5.74, 6) is 0.487. The monoisotopic (exact) mass is 205 g/mol. The highest BCUT2D eigenvalue weighted by molar-refractivity contribution is 6.37. The van der Waals surface area contributed by atoms with Crippen molar-refractivity contribution in [3.8, 4) is 5.75 Å².